The van der Waals surface area contributed by atoms with Crippen molar-refractivity contribution < 1.29 is 5.11 Å². The second-order valence-electron chi connectivity index (χ2n) is 6.04. The zero-order chi connectivity index (χ0) is 18.4. The van der Waals surface area contributed by atoms with Gasteiger partial charge in [0, 0.05) is 31.7 Å². The molecule has 10 heteroatoms. The van der Waals surface area contributed by atoms with Crippen molar-refractivity contribution in [2.24, 2.45) is 7.05 Å². The average molecular weight is 348 g/mol. The summed E-state index contributed by atoms with van der Waals surface area (Å²) in [6, 6.07) is 4.19. The summed E-state index contributed by atoms with van der Waals surface area (Å²) in [5.74, 6) is 1.40. The number of aromatic nitrogens is 6. The SMILES string of the molecule is [B]C(O)c1cc(Nc2cc(NC)n3ncc(C)c3n2)c2nn(C)nc2c1. The van der Waals surface area contributed by atoms with Gasteiger partial charge in [0.15, 0.2) is 5.65 Å². The van der Waals surface area contributed by atoms with Gasteiger partial charge in [0.2, 0.25) is 0 Å². The van der Waals surface area contributed by atoms with Gasteiger partial charge in [0.05, 0.1) is 11.9 Å². The Kier molecular flexibility index (Phi) is 3.76. The second-order valence-corrected chi connectivity index (χ2v) is 6.04. The highest BCUT2D eigenvalue weighted by molar-refractivity contribution is 6.11. The lowest BCUT2D eigenvalue weighted by Gasteiger charge is -2.12. The highest BCUT2D eigenvalue weighted by Crippen LogP contribution is 2.28. The van der Waals surface area contributed by atoms with E-state index >= 15 is 0 Å². The Labute approximate surface area is 150 Å². The first-order chi connectivity index (χ1) is 12.5. The number of aryl methyl sites for hydroxylation is 2. The van der Waals surface area contributed by atoms with Gasteiger partial charge in [0.1, 0.15) is 30.5 Å². The van der Waals surface area contributed by atoms with Crippen LogP contribution >= 0.6 is 0 Å². The Hall–Kier alpha value is -3.14. The van der Waals surface area contributed by atoms with Crippen LogP contribution in [0.15, 0.2) is 24.4 Å². The van der Waals surface area contributed by atoms with Gasteiger partial charge in [-0.1, -0.05) is 0 Å². The first-order valence-corrected chi connectivity index (χ1v) is 8.05. The minimum absolute atomic E-state index is 0.538. The summed E-state index contributed by atoms with van der Waals surface area (Å²) in [6.07, 6.45) is 1.76. The van der Waals surface area contributed by atoms with Crippen LogP contribution in [0.5, 0.6) is 0 Å². The quantitative estimate of drug-likeness (QED) is 0.477. The molecule has 26 heavy (non-hydrogen) atoms. The van der Waals surface area contributed by atoms with E-state index in [1.165, 1.54) is 4.80 Å². The van der Waals surface area contributed by atoms with Crippen LogP contribution < -0.4 is 10.6 Å². The zero-order valence-corrected chi connectivity index (χ0v) is 14.6. The molecule has 0 amide bonds. The summed E-state index contributed by atoms with van der Waals surface area (Å²) < 4.78 is 1.73. The number of hydrogen-bond acceptors (Lipinski definition) is 7. The lowest BCUT2D eigenvalue weighted by Crippen LogP contribution is -2.05. The number of hydrogen-bond donors (Lipinski definition) is 3. The molecule has 2 radical (unpaired) electrons. The van der Waals surface area contributed by atoms with Gasteiger partial charge in [-0.2, -0.15) is 24.6 Å². The smallest absolute Gasteiger partial charge is 0.162 e. The predicted molar refractivity (Wildman–Crippen MR) is 99.8 cm³/mol. The maximum atomic E-state index is 9.77. The van der Waals surface area contributed by atoms with Gasteiger partial charge in [0.25, 0.3) is 0 Å². The fourth-order valence-electron chi connectivity index (χ4n) is 2.86. The molecule has 1 aromatic carbocycles. The van der Waals surface area contributed by atoms with Crippen molar-refractivity contribution >= 4 is 41.8 Å². The average Bonchev–Trinajstić information content (AvgIpc) is 3.16. The Morgan fingerprint density at radius 2 is 2.04 bits per heavy atom. The second kappa shape index (κ2) is 5.99. The topological polar surface area (TPSA) is 105 Å². The molecule has 130 valence electrons. The van der Waals surface area contributed by atoms with E-state index in [9.17, 15) is 5.11 Å². The summed E-state index contributed by atoms with van der Waals surface area (Å²) in [5.41, 5.74) is 4.19. The summed E-state index contributed by atoms with van der Waals surface area (Å²) >= 11 is 0. The molecule has 0 saturated heterocycles. The van der Waals surface area contributed by atoms with Crippen molar-refractivity contribution in [1.82, 2.24) is 29.6 Å². The lowest BCUT2D eigenvalue weighted by molar-refractivity contribution is 0.262. The molecule has 1 atom stereocenters. The van der Waals surface area contributed by atoms with Gasteiger partial charge >= 0.3 is 0 Å². The number of aliphatic hydroxyl groups is 1. The first-order valence-electron chi connectivity index (χ1n) is 8.05. The van der Waals surface area contributed by atoms with Crippen molar-refractivity contribution in [2.45, 2.75) is 12.9 Å². The standard InChI is InChI=1S/C16H17BN8O/c1-8-7-19-25-13(18-2)6-12(21-16(8)25)20-10-4-9(15(17)26)5-11-14(10)23-24(3)22-11/h4-7,15,18,26H,1-3H3,(H,20,21). The third kappa shape index (κ3) is 2.64. The summed E-state index contributed by atoms with van der Waals surface area (Å²) in [4.78, 5) is 6.10. The minimum atomic E-state index is -1.11. The number of rotatable bonds is 4. The zero-order valence-electron chi connectivity index (χ0n) is 14.6. The van der Waals surface area contributed by atoms with Crippen LogP contribution in [0.3, 0.4) is 0 Å². The van der Waals surface area contributed by atoms with Gasteiger partial charge in [-0.05, 0) is 24.6 Å². The maximum Gasteiger partial charge on any atom is 0.162 e. The van der Waals surface area contributed by atoms with Gasteiger partial charge in [-0.15, -0.1) is 0 Å². The number of anilines is 3. The Bertz CT molecular complexity index is 1120. The van der Waals surface area contributed by atoms with E-state index in [1.807, 2.05) is 20.0 Å². The summed E-state index contributed by atoms with van der Waals surface area (Å²) in [5, 5.41) is 29.1. The van der Waals surface area contributed by atoms with Gasteiger partial charge < -0.3 is 15.7 Å². The largest absolute Gasteiger partial charge is 0.398 e. The molecule has 4 aromatic rings. The Morgan fingerprint density at radius 1 is 1.23 bits per heavy atom. The maximum absolute atomic E-state index is 9.77. The van der Waals surface area contributed by atoms with E-state index in [0.717, 1.165) is 17.0 Å². The van der Waals surface area contributed by atoms with Crippen molar-refractivity contribution in [2.75, 3.05) is 17.7 Å². The predicted octanol–water partition coefficient (Wildman–Crippen LogP) is 1.26. The highest BCUT2D eigenvalue weighted by atomic mass is 16.3. The van der Waals surface area contributed by atoms with Crippen LogP contribution in [-0.4, -0.2) is 49.6 Å². The molecule has 3 aromatic heterocycles. The number of nitrogens with one attached hydrogen (secondary N) is 2. The molecular weight excluding hydrogens is 331 g/mol. The normalized spacial score (nSPS) is 12.6. The van der Waals surface area contributed by atoms with Crippen molar-refractivity contribution in [3.8, 4) is 0 Å². The van der Waals surface area contributed by atoms with Crippen LogP contribution in [0, 0.1) is 6.92 Å². The van der Waals surface area contributed by atoms with Crippen molar-refractivity contribution in [3.63, 3.8) is 0 Å². The molecular formula is C16H17BN8O. The Balaban J connectivity index is 1.86. The molecule has 0 bridgehead atoms. The fourth-order valence-corrected chi connectivity index (χ4v) is 2.86. The molecule has 4 rings (SSSR count). The summed E-state index contributed by atoms with van der Waals surface area (Å²) in [6.45, 7) is 1.95. The Morgan fingerprint density at radius 3 is 2.77 bits per heavy atom. The highest BCUT2D eigenvalue weighted by Gasteiger charge is 2.14. The molecule has 0 saturated carbocycles. The molecule has 0 aliphatic heterocycles. The molecule has 0 aliphatic rings. The fraction of sp³-hybridized carbons (Fsp3) is 0.250. The third-order valence-electron chi connectivity index (χ3n) is 4.12. The number of aliphatic hydroxyl groups excluding tert-OH is 1. The molecule has 3 N–H and O–H groups in total. The van der Waals surface area contributed by atoms with Crippen molar-refractivity contribution in [3.05, 3.63) is 35.5 Å². The number of fused-ring (bicyclic) bond motifs is 2. The molecule has 0 aliphatic carbocycles. The van der Waals surface area contributed by atoms with E-state index in [1.54, 1.807) is 29.9 Å². The van der Waals surface area contributed by atoms with Crippen LogP contribution in [0.1, 0.15) is 17.1 Å². The molecule has 9 nitrogen and oxygen atoms in total. The summed E-state index contributed by atoms with van der Waals surface area (Å²) in [7, 11) is 9.19. The minimum Gasteiger partial charge on any atom is -0.398 e. The van der Waals surface area contributed by atoms with Crippen LogP contribution in [0.2, 0.25) is 0 Å². The van der Waals surface area contributed by atoms with Crippen molar-refractivity contribution in [1.29, 1.82) is 0 Å². The molecule has 3 heterocycles. The number of nitrogens with zero attached hydrogens (tertiary/aromatic N) is 6. The van der Waals surface area contributed by atoms with Gasteiger partial charge in [-0.3, -0.25) is 0 Å². The van der Waals surface area contributed by atoms with Gasteiger partial charge in [-0.25, -0.2) is 4.98 Å². The van der Waals surface area contributed by atoms with E-state index < -0.39 is 6.00 Å². The molecule has 0 spiro atoms. The third-order valence-corrected chi connectivity index (χ3v) is 4.12. The van der Waals surface area contributed by atoms with Crippen LogP contribution in [0.4, 0.5) is 17.3 Å². The van der Waals surface area contributed by atoms with E-state index in [-0.39, 0.29) is 0 Å². The van der Waals surface area contributed by atoms with E-state index in [2.05, 4.69) is 30.9 Å². The monoisotopic (exact) mass is 348 g/mol. The van der Waals surface area contributed by atoms with Crippen LogP contribution in [-0.2, 0) is 7.05 Å². The van der Waals surface area contributed by atoms with E-state index in [0.29, 0.717) is 28.1 Å². The van der Waals surface area contributed by atoms with E-state index in [4.69, 9.17) is 7.85 Å². The van der Waals surface area contributed by atoms with Crippen LogP contribution in [0.25, 0.3) is 16.7 Å². The first kappa shape index (κ1) is 16.3. The number of benzene rings is 1. The lowest BCUT2D eigenvalue weighted by atomic mass is 9.92. The molecule has 0 fully saturated rings. The molecule has 1 unspecified atom stereocenters.